The smallest absolute Gasteiger partial charge is 0.277 e. The molecule has 1 aromatic carbocycles. The number of nitrogens with zero attached hydrogens (tertiary/aromatic N) is 4. The normalized spacial score (nSPS) is 13.4. The zero-order valence-corrected chi connectivity index (χ0v) is 14.5. The van der Waals surface area contributed by atoms with E-state index >= 15 is 0 Å². The van der Waals surface area contributed by atoms with Gasteiger partial charge in [-0.3, -0.25) is 4.79 Å². The Morgan fingerprint density at radius 2 is 2.08 bits per heavy atom. The Labute approximate surface area is 149 Å². The van der Waals surface area contributed by atoms with Crippen LogP contribution in [-0.2, 0) is 6.42 Å². The first-order valence-electron chi connectivity index (χ1n) is 7.98. The van der Waals surface area contributed by atoms with E-state index in [-0.39, 0.29) is 5.91 Å². The van der Waals surface area contributed by atoms with Gasteiger partial charge in [-0.2, -0.15) is 0 Å². The van der Waals surface area contributed by atoms with E-state index in [0.29, 0.717) is 28.8 Å². The van der Waals surface area contributed by atoms with Crippen molar-refractivity contribution in [2.24, 2.45) is 0 Å². The topological polar surface area (TPSA) is 68.2 Å². The van der Waals surface area contributed by atoms with Gasteiger partial charge in [0.1, 0.15) is 11.4 Å². The average molecular weight is 352 g/mol. The molecule has 2 aromatic heterocycles. The van der Waals surface area contributed by atoms with E-state index in [1.165, 1.54) is 11.3 Å². The molecule has 1 aliphatic rings. The van der Waals surface area contributed by atoms with Gasteiger partial charge in [-0.1, -0.05) is 12.1 Å². The Morgan fingerprint density at radius 3 is 2.88 bits per heavy atom. The zero-order valence-electron chi connectivity index (χ0n) is 13.7. The molecule has 0 aliphatic carbocycles. The third-order valence-electron chi connectivity index (χ3n) is 4.13. The van der Waals surface area contributed by atoms with E-state index in [0.717, 1.165) is 24.1 Å². The Bertz CT molecular complexity index is 896. The van der Waals surface area contributed by atoms with Crippen LogP contribution in [-0.4, -0.2) is 34.5 Å². The average Bonchev–Trinajstić information content (AvgIpc) is 3.17. The molecule has 0 N–H and O–H groups in total. The maximum absolute atomic E-state index is 13.0. The number of benzene rings is 1. The first kappa shape index (κ1) is 15.7. The summed E-state index contributed by atoms with van der Waals surface area (Å²) in [6.45, 7) is 0.654. The molecule has 0 unspecified atom stereocenters. The van der Waals surface area contributed by atoms with Crippen LogP contribution in [0.25, 0.3) is 10.8 Å². The Morgan fingerprint density at radius 1 is 1.24 bits per heavy atom. The van der Waals surface area contributed by atoms with E-state index in [2.05, 4.69) is 15.0 Å². The highest BCUT2D eigenvalue weighted by Gasteiger charge is 2.28. The second-order valence-corrected chi connectivity index (χ2v) is 6.50. The molecule has 3 heterocycles. The zero-order chi connectivity index (χ0) is 17.2. The largest absolute Gasteiger partial charge is 0.495 e. The van der Waals surface area contributed by atoms with Crippen LogP contribution in [0.2, 0.25) is 0 Å². The summed E-state index contributed by atoms with van der Waals surface area (Å²) < 4.78 is 5.47. The molecule has 3 aromatic rings. The summed E-state index contributed by atoms with van der Waals surface area (Å²) >= 11 is 1.37. The van der Waals surface area contributed by atoms with Gasteiger partial charge in [-0.05, 0) is 30.5 Å². The summed E-state index contributed by atoms with van der Waals surface area (Å²) in [7, 11) is 1.63. The second-order valence-electron chi connectivity index (χ2n) is 5.64. The number of aryl methyl sites for hydroxylation is 1. The quantitative estimate of drug-likeness (QED) is 0.724. The third kappa shape index (κ3) is 2.87. The number of para-hydroxylation sites is 1. The maximum Gasteiger partial charge on any atom is 0.277 e. The van der Waals surface area contributed by atoms with Crippen LogP contribution < -0.4 is 9.64 Å². The number of anilines is 1. The molecule has 1 amide bonds. The molecule has 0 saturated carbocycles. The van der Waals surface area contributed by atoms with Crippen molar-refractivity contribution in [3.63, 3.8) is 0 Å². The number of fused-ring (bicyclic) bond motifs is 1. The molecule has 4 rings (SSSR count). The monoisotopic (exact) mass is 352 g/mol. The van der Waals surface area contributed by atoms with E-state index in [9.17, 15) is 4.79 Å². The SMILES string of the molecule is COc1cccc2c1N(C(=O)c1csc(-c3ncccn3)n1)CCC2. The van der Waals surface area contributed by atoms with Crippen LogP contribution in [0, 0.1) is 0 Å². The third-order valence-corrected chi connectivity index (χ3v) is 4.96. The number of hydrogen-bond acceptors (Lipinski definition) is 6. The lowest BCUT2D eigenvalue weighted by Gasteiger charge is -2.30. The van der Waals surface area contributed by atoms with E-state index in [1.807, 2.05) is 18.2 Å². The van der Waals surface area contributed by atoms with Crippen molar-refractivity contribution < 1.29 is 9.53 Å². The van der Waals surface area contributed by atoms with Gasteiger partial charge in [-0.15, -0.1) is 11.3 Å². The molecule has 0 saturated heterocycles. The van der Waals surface area contributed by atoms with Gasteiger partial charge >= 0.3 is 0 Å². The lowest BCUT2D eigenvalue weighted by Crippen LogP contribution is -2.36. The predicted molar refractivity (Wildman–Crippen MR) is 96.1 cm³/mol. The number of carbonyl (C=O) groups excluding carboxylic acids is 1. The standard InChI is InChI=1S/C18H16N4O2S/c1-24-14-7-2-5-12-6-3-10-22(15(12)14)18(23)13-11-25-17(21-13)16-19-8-4-9-20-16/h2,4-5,7-9,11H,3,6,10H2,1H3. The van der Waals surface area contributed by atoms with E-state index in [1.54, 1.807) is 35.8 Å². The number of aromatic nitrogens is 3. The van der Waals surface area contributed by atoms with Gasteiger partial charge < -0.3 is 9.64 Å². The van der Waals surface area contributed by atoms with Crippen molar-refractivity contribution in [1.82, 2.24) is 15.0 Å². The minimum absolute atomic E-state index is 0.121. The molecule has 7 heteroatoms. The van der Waals surface area contributed by atoms with Crippen molar-refractivity contribution in [2.45, 2.75) is 12.8 Å². The number of rotatable bonds is 3. The molecule has 126 valence electrons. The van der Waals surface area contributed by atoms with E-state index in [4.69, 9.17) is 4.74 Å². The summed E-state index contributed by atoms with van der Waals surface area (Å²) in [6.07, 6.45) is 5.19. The molecular formula is C18H16N4O2S. The fourth-order valence-corrected chi connectivity index (χ4v) is 3.74. The second kappa shape index (κ2) is 6.60. The van der Waals surface area contributed by atoms with Crippen molar-refractivity contribution in [3.05, 3.63) is 53.3 Å². The van der Waals surface area contributed by atoms with Crippen LogP contribution in [0.1, 0.15) is 22.5 Å². The summed E-state index contributed by atoms with van der Waals surface area (Å²) in [5.41, 5.74) is 2.39. The Kier molecular flexibility index (Phi) is 4.15. The fraction of sp³-hybridized carbons (Fsp3) is 0.222. The highest BCUT2D eigenvalue weighted by molar-refractivity contribution is 7.13. The lowest BCUT2D eigenvalue weighted by atomic mass is 10.0. The summed E-state index contributed by atoms with van der Waals surface area (Å²) in [6, 6.07) is 7.63. The molecule has 0 fully saturated rings. The molecule has 0 bridgehead atoms. The van der Waals surface area contributed by atoms with Crippen LogP contribution in [0.4, 0.5) is 5.69 Å². The molecule has 25 heavy (non-hydrogen) atoms. The molecule has 0 radical (unpaired) electrons. The van der Waals surface area contributed by atoms with Crippen molar-refractivity contribution in [1.29, 1.82) is 0 Å². The number of methoxy groups -OCH3 is 1. The van der Waals surface area contributed by atoms with Gasteiger partial charge in [0.05, 0.1) is 12.8 Å². The van der Waals surface area contributed by atoms with Crippen LogP contribution >= 0.6 is 11.3 Å². The first-order chi connectivity index (χ1) is 12.3. The number of amides is 1. The highest BCUT2D eigenvalue weighted by atomic mass is 32.1. The molecule has 1 aliphatic heterocycles. The molecule has 6 nitrogen and oxygen atoms in total. The predicted octanol–water partition coefficient (Wildman–Crippen LogP) is 3.20. The highest BCUT2D eigenvalue weighted by Crippen LogP contribution is 2.37. The summed E-state index contributed by atoms with van der Waals surface area (Å²) in [5.74, 6) is 1.12. The van der Waals surface area contributed by atoms with Crippen LogP contribution in [0.15, 0.2) is 42.0 Å². The van der Waals surface area contributed by atoms with Gasteiger partial charge in [0, 0.05) is 24.3 Å². The molecule has 0 spiro atoms. The van der Waals surface area contributed by atoms with Crippen LogP contribution in [0.5, 0.6) is 5.75 Å². The van der Waals surface area contributed by atoms with Gasteiger partial charge in [0.15, 0.2) is 10.8 Å². The Balaban J connectivity index is 1.69. The van der Waals surface area contributed by atoms with Crippen molar-refractivity contribution >= 4 is 22.9 Å². The number of ether oxygens (including phenoxy) is 1. The lowest BCUT2D eigenvalue weighted by molar-refractivity contribution is 0.0980. The number of carbonyl (C=O) groups is 1. The maximum atomic E-state index is 13.0. The van der Waals surface area contributed by atoms with Gasteiger partial charge in [0.2, 0.25) is 0 Å². The van der Waals surface area contributed by atoms with Crippen molar-refractivity contribution in [3.8, 4) is 16.6 Å². The molecule has 0 atom stereocenters. The Hall–Kier alpha value is -2.80. The summed E-state index contributed by atoms with van der Waals surface area (Å²) in [5, 5.41) is 2.40. The minimum Gasteiger partial charge on any atom is -0.495 e. The molecular weight excluding hydrogens is 336 g/mol. The van der Waals surface area contributed by atoms with Crippen LogP contribution in [0.3, 0.4) is 0 Å². The minimum atomic E-state index is -0.121. The number of hydrogen-bond donors (Lipinski definition) is 0. The summed E-state index contributed by atoms with van der Waals surface area (Å²) in [4.78, 5) is 27.6. The van der Waals surface area contributed by atoms with Gasteiger partial charge in [0.25, 0.3) is 5.91 Å². The van der Waals surface area contributed by atoms with Gasteiger partial charge in [-0.25, -0.2) is 15.0 Å². The van der Waals surface area contributed by atoms with Crippen molar-refractivity contribution in [2.75, 3.05) is 18.6 Å². The number of thiazole rings is 1. The fourth-order valence-electron chi connectivity index (χ4n) is 3.01. The van der Waals surface area contributed by atoms with E-state index < -0.39 is 0 Å². The first-order valence-corrected chi connectivity index (χ1v) is 8.86.